The van der Waals surface area contributed by atoms with Crippen LogP contribution >= 0.6 is 0 Å². The standard InChI is InChI=1S/C16H21N3O3/c1-2-13-11-18(16(22)15(17)21)9-8-14(20)19(13)10-12-6-4-3-5-7-12/h3-7,13H,2,8-11H2,1H3,(H2,17,21). The monoisotopic (exact) mass is 303 g/mol. The number of primary amides is 1. The van der Waals surface area contributed by atoms with Crippen LogP contribution in [0.2, 0.25) is 0 Å². The molecule has 0 radical (unpaired) electrons. The number of hydrogen-bond donors (Lipinski definition) is 1. The molecule has 0 aliphatic carbocycles. The first-order chi connectivity index (χ1) is 10.5. The fraction of sp³-hybridized carbons (Fsp3) is 0.438. The van der Waals surface area contributed by atoms with Crippen molar-refractivity contribution >= 4 is 17.7 Å². The van der Waals surface area contributed by atoms with Gasteiger partial charge in [0.2, 0.25) is 5.91 Å². The lowest BCUT2D eigenvalue weighted by Crippen LogP contribution is -2.46. The minimum absolute atomic E-state index is 0.00419. The van der Waals surface area contributed by atoms with Gasteiger partial charge in [0.05, 0.1) is 0 Å². The highest BCUT2D eigenvalue weighted by molar-refractivity contribution is 6.34. The molecule has 6 heteroatoms. The van der Waals surface area contributed by atoms with Crippen LogP contribution in [0.25, 0.3) is 0 Å². The van der Waals surface area contributed by atoms with Crippen LogP contribution in [0.15, 0.2) is 30.3 Å². The lowest BCUT2D eigenvalue weighted by molar-refractivity contribution is -0.144. The molecule has 1 atom stereocenters. The second-order valence-corrected chi connectivity index (χ2v) is 5.43. The summed E-state index contributed by atoms with van der Waals surface area (Å²) in [5.41, 5.74) is 6.11. The molecule has 2 rings (SSSR count). The lowest BCUT2D eigenvalue weighted by atomic mass is 10.1. The molecule has 1 aliphatic rings. The second kappa shape index (κ2) is 7.06. The van der Waals surface area contributed by atoms with Crippen LogP contribution in [0, 0.1) is 0 Å². The van der Waals surface area contributed by atoms with Gasteiger partial charge in [-0.05, 0) is 12.0 Å². The fourth-order valence-electron chi connectivity index (χ4n) is 2.71. The number of benzene rings is 1. The Bertz CT molecular complexity index is 559. The van der Waals surface area contributed by atoms with Gasteiger partial charge in [-0.1, -0.05) is 37.3 Å². The minimum atomic E-state index is -0.973. The van der Waals surface area contributed by atoms with Crippen molar-refractivity contribution in [3.05, 3.63) is 35.9 Å². The normalized spacial score (nSPS) is 19.0. The molecule has 0 bridgehead atoms. The fourth-order valence-corrected chi connectivity index (χ4v) is 2.71. The molecule has 0 spiro atoms. The third-order valence-electron chi connectivity index (χ3n) is 3.95. The summed E-state index contributed by atoms with van der Waals surface area (Å²) in [5.74, 6) is -1.69. The zero-order valence-electron chi connectivity index (χ0n) is 12.7. The van der Waals surface area contributed by atoms with Gasteiger partial charge in [0.1, 0.15) is 0 Å². The Morgan fingerprint density at radius 3 is 2.55 bits per heavy atom. The molecular formula is C16H21N3O3. The summed E-state index contributed by atoms with van der Waals surface area (Å²) < 4.78 is 0. The average Bonchev–Trinajstić information content (AvgIpc) is 2.68. The van der Waals surface area contributed by atoms with Crippen molar-refractivity contribution < 1.29 is 14.4 Å². The molecule has 3 amide bonds. The van der Waals surface area contributed by atoms with E-state index >= 15 is 0 Å². The van der Waals surface area contributed by atoms with E-state index in [9.17, 15) is 14.4 Å². The minimum Gasteiger partial charge on any atom is -0.361 e. The molecule has 1 heterocycles. The smallest absolute Gasteiger partial charge is 0.311 e. The quantitative estimate of drug-likeness (QED) is 0.826. The highest BCUT2D eigenvalue weighted by Crippen LogP contribution is 2.17. The molecular weight excluding hydrogens is 282 g/mol. The maximum Gasteiger partial charge on any atom is 0.311 e. The van der Waals surface area contributed by atoms with E-state index in [-0.39, 0.29) is 24.9 Å². The van der Waals surface area contributed by atoms with Gasteiger partial charge in [0.25, 0.3) is 0 Å². The van der Waals surface area contributed by atoms with Crippen molar-refractivity contribution in [2.24, 2.45) is 5.73 Å². The van der Waals surface area contributed by atoms with E-state index in [4.69, 9.17) is 5.73 Å². The molecule has 22 heavy (non-hydrogen) atoms. The first kappa shape index (κ1) is 16.0. The number of amides is 3. The predicted octanol–water partition coefficient (Wildman–Crippen LogP) is 0.511. The van der Waals surface area contributed by atoms with Crippen molar-refractivity contribution in [1.82, 2.24) is 9.80 Å². The van der Waals surface area contributed by atoms with Crippen LogP contribution < -0.4 is 5.73 Å². The number of carbonyl (C=O) groups is 3. The third-order valence-corrected chi connectivity index (χ3v) is 3.95. The number of rotatable bonds is 3. The zero-order chi connectivity index (χ0) is 16.1. The molecule has 118 valence electrons. The summed E-state index contributed by atoms with van der Waals surface area (Å²) in [6, 6.07) is 9.62. The molecule has 1 aliphatic heterocycles. The maximum atomic E-state index is 12.4. The van der Waals surface area contributed by atoms with Crippen LogP contribution in [0.1, 0.15) is 25.3 Å². The summed E-state index contributed by atoms with van der Waals surface area (Å²) in [5, 5.41) is 0. The van der Waals surface area contributed by atoms with E-state index in [1.807, 2.05) is 37.3 Å². The van der Waals surface area contributed by atoms with E-state index in [1.165, 1.54) is 4.90 Å². The summed E-state index contributed by atoms with van der Waals surface area (Å²) in [6.45, 7) is 3.06. The molecule has 2 N–H and O–H groups in total. The number of hydrogen-bond acceptors (Lipinski definition) is 3. The Balaban J connectivity index is 2.17. The maximum absolute atomic E-state index is 12.4. The van der Waals surface area contributed by atoms with Crippen LogP contribution in [-0.2, 0) is 20.9 Å². The van der Waals surface area contributed by atoms with Gasteiger partial charge >= 0.3 is 11.8 Å². The molecule has 0 saturated carbocycles. The topological polar surface area (TPSA) is 83.7 Å². The SMILES string of the molecule is CCC1CN(C(=O)C(N)=O)CCC(=O)N1Cc1ccccc1. The first-order valence-electron chi connectivity index (χ1n) is 7.45. The Morgan fingerprint density at radius 2 is 1.95 bits per heavy atom. The average molecular weight is 303 g/mol. The van der Waals surface area contributed by atoms with Gasteiger partial charge < -0.3 is 15.5 Å². The Labute approximate surface area is 129 Å². The summed E-state index contributed by atoms with van der Waals surface area (Å²) in [7, 11) is 0. The van der Waals surface area contributed by atoms with E-state index in [0.29, 0.717) is 19.5 Å². The first-order valence-corrected chi connectivity index (χ1v) is 7.45. The Kier molecular flexibility index (Phi) is 5.14. The van der Waals surface area contributed by atoms with Crippen LogP contribution in [-0.4, -0.2) is 46.7 Å². The molecule has 1 aromatic rings. The molecule has 1 fully saturated rings. The highest BCUT2D eigenvalue weighted by Gasteiger charge is 2.31. The molecule has 1 aromatic carbocycles. The van der Waals surface area contributed by atoms with Gasteiger partial charge in [-0.15, -0.1) is 0 Å². The molecule has 0 aromatic heterocycles. The van der Waals surface area contributed by atoms with Crippen LogP contribution in [0.5, 0.6) is 0 Å². The number of nitrogens with two attached hydrogens (primary N) is 1. The van der Waals surface area contributed by atoms with Gasteiger partial charge in [0, 0.05) is 32.1 Å². The second-order valence-electron chi connectivity index (χ2n) is 5.43. The molecule has 1 unspecified atom stereocenters. The van der Waals surface area contributed by atoms with E-state index in [0.717, 1.165) is 5.56 Å². The third kappa shape index (κ3) is 3.63. The lowest BCUT2D eigenvalue weighted by Gasteiger charge is -2.31. The number of carbonyl (C=O) groups excluding carboxylic acids is 3. The Hall–Kier alpha value is -2.37. The van der Waals surface area contributed by atoms with Gasteiger partial charge in [0.15, 0.2) is 0 Å². The van der Waals surface area contributed by atoms with Gasteiger partial charge in [-0.3, -0.25) is 14.4 Å². The predicted molar refractivity (Wildman–Crippen MR) is 81.5 cm³/mol. The zero-order valence-corrected chi connectivity index (χ0v) is 12.7. The van der Waals surface area contributed by atoms with E-state index < -0.39 is 11.8 Å². The van der Waals surface area contributed by atoms with Crippen LogP contribution in [0.3, 0.4) is 0 Å². The van der Waals surface area contributed by atoms with Crippen molar-refractivity contribution in [2.75, 3.05) is 13.1 Å². The van der Waals surface area contributed by atoms with Crippen molar-refractivity contribution in [2.45, 2.75) is 32.4 Å². The van der Waals surface area contributed by atoms with E-state index in [2.05, 4.69) is 0 Å². The van der Waals surface area contributed by atoms with Crippen molar-refractivity contribution in [1.29, 1.82) is 0 Å². The Morgan fingerprint density at radius 1 is 1.27 bits per heavy atom. The molecule has 1 saturated heterocycles. The van der Waals surface area contributed by atoms with Crippen molar-refractivity contribution in [3.63, 3.8) is 0 Å². The van der Waals surface area contributed by atoms with Gasteiger partial charge in [-0.25, -0.2) is 0 Å². The number of nitrogens with zero attached hydrogens (tertiary/aromatic N) is 2. The van der Waals surface area contributed by atoms with Gasteiger partial charge in [-0.2, -0.15) is 0 Å². The highest BCUT2D eigenvalue weighted by atomic mass is 16.2. The summed E-state index contributed by atoms with van der Waals surface area (Å²) >= 11 is 0. The molecule has 6 nitrogen and oxygen atoms in total. The van der Waals surface area contributed by atoms with E-state index in [1.54, 1.807) is 4.90 Å². The summed E-state index contributed by atoms with van der Waals surface area (Å²) in [6.07, 6.45) is 0.920. The van der Waals surface area contributed by atoms with Crippen LogP contribution in [0.4, 0.5) is 0 Å². The van der Waals surface area contributed by atoms with Crippen molar-refractivity contribution in [3.8, 4) is 0 Å². The largest absolute Gasteiger partial charge is 0.361 e. The summed E-state index contributed by atoms with van der Waals surface area (Å²) in [4.78, 5) is 38.5.